The van der Waals surface area contributed by atoms with Gasteiger partial charge in [-0.25, -0.2) is 4.39 Å². The van der Waals surface area contributed by atoms with E-state index in [0.717, 1.165) is 5.75 Å². The number of carbonyl (C=O) groups excluding carboxylic acids is 1. The molecule has 17 heavy (non-hydrogen) atoms. The number of carbonyl (C=O) groups is 1. The number of nitrogens with zero attached hydrogens (tertiary/aromatic N) is 1. The minimum Gasteiger partial charge on any atom is -0.320 e. The maximum atomic E-state index is 13.0. The summed E-state index contributed by atoms with van der Waals surface area (Å²) < 4.78 is 13.0. The Morgan fingerprint density at radius 2 is 2.29 bits per heavy atom. The van der Waals surface area contributed by atoms with E-state index in [0.29, 0.717) is 12.1 Å². The fraction of sp³-hybridized carbons (Fsp3) is 0.417. The zero-order valence-electron chi connectivity index (χ0n) is 10.0. The zero-order valence-corrected chi connectivity index (χ0v) is 10.8. The van der Waals surface area contributed by atoms with Gasteiger partial charge in [-0.1, -0.05) is 6.07 Å². The second kappa shape index (κ2) is 6.61. The van der Waals surface area contributed by atoms with Gasteiger partial charge in [0.05, 0.1) is 6.04 Å². The molecule has 1 amide bonds. The van der Waals surface area contributed by atoms with Gasteiger partial charge in [-0.05, 0) is 36.6 Å². The van der Waals surface area contributed by atoms with E-state index in [-0.39, 0.29) is 11.7 Å². The summed E-state index contributed by atoms with van der Waals surface area (Å²) in [5.41, 5.74) is 6.30. The number of benzene rings is 1. The molecule has 0 aromatic heterocycles. The van der Waals surface area contributed by atoms with Crippen molar-refractivity contribution in [2.45, 2.75) is 12.5 Å². The molecule has 0 aliphatic carbocycles. The topological polar surface area (TPSA) is 46.3 Å². The Bertz CT molecular complexity index is 387. The van der Waals surface area contributed by atoms with E-state index < -0.39 is 6.04 Å². The SMILES string of the molecule is CSCC[C@@H](N)C(=O)N(C)c1cccc(F)c1. The normalized spacial score (nSPS) is 12.2. The van der Waals surface area contributed by atoms with Crippen LogP contribution in [0.3, 0.4) is 0 Å². The third-order valence-electron chi connectivity index (χ3n) is 2.48. The fourth-order valence-corrected chi connectivity index (χ4v) is 1.92. The fourth-order valence-electron chi connectivity index (χ4n) is 1.43. The molecule has 0 radical (unpaired) electrons. The Morgan fingerprint density at radius 3 is 2.88 bits per heavy atom. The number of anilines is 1. The van der Waals surface area contributed by atoms with Crippen molar-refractivity contribution in [3.05, 3.63) is 30.1 Å². The molecule has 2 N–H and O–H groups in total. The minimum absolute atomic E-state index is 0.190. The number of thioether (sulfide) groups is 1. The second-order valence-electron chi connectivity index (χ2n) is 3.77. The molecule has 94 valence electrons. The molecule has 3 nitrogen and oxygen atoms in total. The number of rotatable bonds is 5. The lowest BCUT2D eigenvalue weighted by atomic mass is 10.2. The number of hydrogen-bond acceptors (Lipinski definition) is 3. The largest absolute Gasteiger partial charge is 0.320 e. The monoisotopic (exact) mass is 256 g/mol. The molecule has 0 fully saturated rings. The maximum Gasteiger partial charge on any atom is 0.243 e. The van der Waals surface area contributed by atoms with Gasteiger partial charge in [0, 0.05) is 12.7 Å². The van der Waals surface area contributed by atoms with Crippen LogP contribution in [0.25, 0.3) is 0 Å². The van der Waals surface area contributed by atoms with Crippen LogP contribution in [0.15, 0.2) is 24.3 Å². The summed E-state index contributed by atoms with van der Waals surface area (Å²) in [6, 6.07) is 5.38. The first-order chi connectivity index (χ1) is 8.06. The highest BCUT2D eigenvalue weighted by Gasteiger charge is 2.18. The van der Waals surface area contributed by atoms with Crippen molar-refractivity contribution in [2.24, 2.45) is 5.73 Å². The summed E-state index contributed by atoms with van der Waals surface area (Å²) in [6.07, 6.45) is 2.59. The van der Waals surface area contributed by atoms with Gasteiger partial charge in [0.25, 0.3) is 0 Å². The van der Waals surface area contributed by atoms with Crippen molar-refractivity contribution in [1.29, 1.82) is 0 Å². The van der Waals surface area contributed by atoms with Gasteiger partial charge in [0.1, 0.15) is 5.82 Å². The van der Waals surface area contributed by atoms with Crippen molar-refractivity contribution in [3.8, 4) is 0 Å². The molecule has 0 bridgehead atoms. The standard InChI is InChI=1S/C12H17FN2OS/c1-15(10-5-3-4-9(13)8-10)12(16)11(14)6-7-17-2/h3-5,8,11H,6-7,14H2,1-2H3/t11-/m1/s1. The Labute approximate surface area is 105 Å². The molecule has 0 aliphatic heterocycles. The number of halogens is 1. The van der Waals surface area contributed by atoms with E-state index in [2.05, 4.69) is 0 Å². The lowest BCUT2D eigenvalue weighted by molar-refractivity contribution is -0.119. The Kier molecular flexibility index (Phi) is 5.44. The van der Waals surface area contributed by atoms with Crippen LogP contribution in [0.5, 0.6) is 0 Å². The minimum atomic E-state index is -0.532. The smallest absolute Gasteiger partial charge is 0.243 e. The van der Waals surface area contributed by atoms with E-state index in [4.69, 9.17) is 5.73 Å². The predicted molar refractivity (Wildman–Crippen MR) is 70.8 cm³/mol. The van der Waals surface area contributed by atoms with Crippen LogP contribution in [-0.2, 0) is 4.79 Å². The van der Waals surface area contributed by atoms with Gasteiger partial charge in [0.15, 0.2) is 0 Å². The first-order valence-corrected chi connectivity index (χ1v) is 6.73. The van der Waals surface area contributed by atoms with Crippen LogP contribution < -0.4 is 10.6 Å². The second-order valence-corrected chi connectivity index (χ2v) is 4.75. The van der Waals surface area contributed by atoms with Gasteiger partial charge in [-0.2, -0.15) is 11.8 Å². The van der Waals surface area contributed by atoms with E-state index >= 15 is 0 Å². The van der Waals surface area contributed by atoms with Crippen LogP contribution in [0, 0.1) is 5.82 Å². The Hall–Kier alpha value is -1.07. The summed E-state index contributed by atoms with van der Waals surface area (Å²) in [7, 11) is 1.61. The lowest BCUT2D eigenvalue weighted by Gasteiger charge is -2.21. The van der Waals surface area contributed by atoms with E-state index in [1.54, 1.807) is 30.9 Å². The first kappa shape index (κ1) is 14.0. The molecule has 1 rings (SSSR count). The van der Waals surface area contributed by atoms with Crippen LogP contribution in [0.2, 0.25) is 0 Å². The molecular formula is C12H17FN2OS. The van der Waals surface area contributed by atoms with E-state index in [1.807, 2.05) is 6.26 Å². The Morgan fingerprint density at radius 1 is 1.59 bits per heavy atom. The summed E-state index contributed by atoms with van der Waals surface area (Å²) in [5.74, 6) is 0.286. The van der Waals surface area contributed by atoms with Gasteiger partial charge in [-0.15, -0.1) is 0 Å². The number of hydrogen-bond donors (Lipinski definition) is 1. The van der Waals surface area contributed by atoms with Crippen LogP contribution in [-0.4, -0.2) is 31.0 Å². The maximum absolute atomic E-state index is 13.0. The molecule has 0 saturated heterocycles. The lowest BCUT2D eigenvalue weighted by Crippen LogP contribution is -2.42. The summed E-state index contributed by atoms with van der Waals surface area (Å²) in [5, 5.41) is 0. The molecule has 5 heteroatoms. The third-order valence-corrected chi connectivity index (χ3v) is 3.12. The molecule has 1 atom stereocenters. The summed E-state index contributed by atoms with van der Waals surface area (Å²) >= 11 is 1.65. The van der Waals surface area contributed by atoms with Crippen molar-refractivity contribution in [2.75, 3.05) is 24.0 Å². The van der Waals surface area contributed by atoms with Crippen LogP contribution in [0.4, 0.5) is 10.1 Å². The summed E-state index contributed by atoms with van der Waals surface area (Å²) in [6.45, 7) is 0. The number of likely N-dealkylation sites (N-methyl/N-ethyl adjacent to an activating group) is 1. The first-order valence-electron chi connectivity index (χ1n) is 5.34. The van der Waals surface area contributed by atoms with Gasteiger partial charge >= 0.3 is 0 Å². The van der Waals surface area contributed by atoms with Gasteiger partial charge in [0.2, 0.25) is 5.91 Å². The van der Waals surface area contributed by atoms with E-state index in [1.165, 1.54) is 17.0 Å². The van der Waals surface area contributed by atoms with Crippen molar-refractivity contribution in [3.63, 3.8) is 0 Å². The quantitative estimate of drug-likeness (QED) is 0.875. The highest BCUT2D eigenvalue weighted by Crippen LogP contribution is 2.15. The molecule has 1 aromatic rings. The van der Waals surface area contributed by atoms with Gasteiger partial charge in [-0.3, -0.25) is 4.79 Å². The Balaban J connectivity index is 2.69. The molecule has 0 heterocycles. The van der Waals surface area contributed by atoms with E-state index in [9.17, 15) is 9.18 Å². The molecule has 0 saturated carbocycles. The third kappa shape index (κ3) is 4.02. The average molecular weight is 256 g/mol. The zero-order chi connectivity index (χ0) is 12.8. The van der Waals surface area contributed by atoms with Crippen molar-refractivity contribution >= 4 is 23.4 Å². The highest BCUT2D eigenvalue weighted by atomic mass is 32.2. The van der Waals surface area contributed by atoms with Crippen molar-refractivity contribution in [1.82, 2.24) is 0 Å². The molecular weight excluding hydrogens is 239 g/mol. The molecule has 0 aliphatic rings. The molecule has 1 aromatic carbocycles. The molecule has 0 unspecified atom stereocenters. The number of nitrogens with two attached hydrogens (primary N) is 1. The van der Waals surface area contributed by atoms with Crippen LogP contribution in [0.1, 0.15) is 6.42 Å². The number of amides is 1. The average Bonchev–Trinajstić information content (AvgIpc) is 2.34. The molecule has 0 spiro atoms. The van der Waals surface area contributed by atoms with Crippen LogP contribution >= 0.6 is 11.8 Å². The van der Waals surface area contributed by atoms with Crippen molar-refractivity contribution < 1.29 is 9.18 Å². The highest BCUT2D eigenvalue weighted by molar-refractivity contribution is 7.98. The summed E-state index contributed by atoms with van der Waals surface area (Å²) in [4.78, 5) is 13.3. The predicted octanol–water partition coefficient (Wildman–Crippen LogP) is 1.87. The van der Waals surface area contributed by atoms with Gasteiger partial charge < -0.3 is 10.6 Å².